The van der Waals surface area contributed by atoms with Gasteiger partial charge in [-0.3, -0.25) is 4.79 Å². The lowest BCUT2D eigenvalue weighted by atomic mass is 10.1. The number of halogens is 1. The molecule has 2 aromatic rings. The minimum Gasteiger partial charge on any atom is -0.330 e. The van der Waals surface area contributed by atoms with Crippen molar-refractivity contribution in [2.75, 3.05) is 5.32 Å². The van der Waals surface area contributed by atoms with Crippen molar-refractivity contribution < 1.29 is 18.5 Å². The Morgan fingerprint density at radius 3 is 2.36 bits per heavy atom. The van der Waals surface area contributed by atoms with Gasteiger partial charge < -0.3 is 10.6 Å². The van der Waals surface area contributed by atoms with E-state index in [1.54, 1.807) is 13.0 Å². The zero-order valence-electron chi connectivity index (χ0n) is 13.9. The van der Waals surface area contributed by atoms with E-state index in [9.17, 15) is 13.2 Å². The monoisotopic (exact) mass is 382 g/mol. The van der Waals surface area contributed by atoms with Gasteiger partial charge in [0.05, 0.1) is 4.90 Å². The molecular weight excluding hydrogens is 362 g/mol. The van der Waals surface area contributed by atoms with Crippen molar-refractivity contribution in [3.63, 3.8) is 0 Å². The van der Waals surface area contributed by atoms with Gasteiger partial charge >= 0.3 is 0 Å². The molecule has 0 aliphatic rings. The van der Waals surface area contributed by atoms with Crippen LogP contribution < -0.4 is 15.8 Å². The summed E-state index contributed by atoms with van der Waals surface area (Å²) in [6.45, 7) is 3.80. The fourth-order valence-corrected chi connectivity index (χ4v) is 3.12. The van der Waals surface area contributed by atoms with Crippen LogP contribution in [0.2, 0.25) is 5.02 Å². The normalized spacial score (nSPS) is 13.9. The number of carbonyl (C=O) groups is 1. The average Bonchev–Trinajstić information content (AvgIpc) is 2.54. The maximum atomic E-state index is 12.3. The Kier molecular flexibility index (Phi) is 6.18. The highest BCUT2D eigenvalue weighted by Crippen LogP contribution is 2.15. The Morgan fingerprint density at radius 2 is 1.80 bits per heavy atom. The van der Waals surface area contributed by atoms with Crippen molar-refractivity contribution in [2.24, 2.45) is 5.14 Å². The van der Waals surface area contributed by atoms with Crippen molar-refractivity contribution in [1.82, 2.24) is 0 Å². The molecule has 6 nitrogen and oxygen atoms in total. The first-order valence-corrected chi connectivity index (χ1v) is 9.63. The molecule has 134 valence electrons. The van der Waals surface area contributed by atoms with Gasteiger partial charge in [0, 0.05) is 16.3 Å². The molecule has 0 radical (unpaired) electrons. The maximum absolute atomic E-state index is 12.3. The molecule has 0 heterocycles. The molecule has 0 spiro atoms. The van der Waals surface area contributed by atoms with Gasteiger partial charge in [0.1, 0.15) is 6.04 Å². The zero-order valence-corrected chi connectivity index (χ0v) is 15.5. The SMILES string of the molecule is C[C@H]([NH2+][C@@H](C)c1cccc(Cl)c1)C(=O)Nc1ccc(S(N)(=O)=O)cc1. The molecule has 8 heteroatoms. The number of quaternary nitrogens is 1. The molecule has 0 aliphatic carbocycles. The molecule has 1 amide bonds. The predicted octanol–water partition coefficient (Wildman–Crippen LogP) is 1.64. The van der Waals surface area contributed by atoms with E-state index in [1.807, 2.05) is 30.4 Å². The molecule has 0 unspecified atom stereocenters. The lowest BCUT2D eigenvalue weighted by Crippen LogP contribution is -2.91. The minimum atomic E-state index is -3.74. The highest BCUT2D eigenvalue weighted by molar-refractivity contribution is 7.89. The summed E-state index contributed by atoms with van der Waals surface area (Å²) in [5, 5.41) is 10.4. The van der Waals surface area contributed by atoms with Crippen molar-refractivity contribution in [2.45, 2.75) is 30.8 Å². The van der Waals surface area contributed by atoms with Gasteiger partial charge in [-0.1, -0.05) is 23.7 Å². The Hall–Kier alpha value is -1.93. The fourth-order valence-electron chi connectivity index (χ4n) is 2.41. The summed E-state index contributed by atoms with van der Waals surface area (Å²) in [6.07, 6.45) is 0. The Bertz CT molecular complexity index is 854. The zero-order chi connectivity index (χ0) is 18.6. The first kappa shape index (κ1) is 19.4. The molecule has 25 heavy (non-hydrogen) atoms. The topological polar surface area (TPSA) is 106 Å². The van der Waals surface area contributed by atoms with Crippen LogP contribution >= 0.6 is 11.6 Å². The minimum absolute atomic E-state index is 0.000288. The second-order valence-electron chi connectivity index (χ2n) is 5.88. The third kappa shape index (κ3) is 5.54. The second-order valence-corrected chi connectivity index (χ2v) is 7.88. The van der Waals surface area contributed by atoms with Crippen molar-refractivity contribution in [3.8, 4) is 0 Å². The number of hydrogen-bond acceptors (Lipinski definition) is 3. The number of rotatable bonds is 6. The number of nitrogens with one attached hydrogen (secondary N) is 1. The summed E-state index contributed by atoms with van der Waals surface area (Å²) < 4.78 is 22.5. The van der Waals surface area contributed by atoms with E-state index < -0.39 is 10.0 Å². The van der Waals surface area contributed by atoms with Crippen LogP contribution in [0, 0.1) is 0 Å². The van der Waals surface area contributed by atoms with Crippen LogP contribution in [0.3, 0.4) is 0 Å². The number of hydrogen-bond donors (Lipinski definition) is 3. The van der Waals surface area contributed by atoms with Crippen molar-refractivity contribution >= 4 is 33.2 Å². The Morgan fingerprint density at radius 1 is 1.16 bits per heavy atom. The van der Waals surface area contributed by atoms with E-state index in [0.717, 1.165) is 5.56 Å². The molecule has 2 rings (SSSR count). The second kappa shape index (κ2) is 7.97. The van der Waals surface area contributed by atoms with Crippen LogP contribution in [0.15, 0.2) is 53.4 Å². The predicted molar refractivity (Wildman–Crippen MR) is 97.7 cm³/mol. The lowest BCUT2D eigenvalue weighted by Gasteiger charge is -2.17. The summed E-state index contributed by atoms with van der Waals surface area (Å²) in [6, 6.07) is 13.0. The van der Waals surface area contributed by atoms with E-state index in [1.165, 1.54) is 24.3 Å². The maximum Gasteiger partial charge on any atom is 0.282 e. The average molecular weight is 383 g/mol. The first-order chi connectivity index (χ1) is 11.7. The molecule has 2 aromatic carbocycles. The molecule has 0 saturated heterocycles. The van der Waals surface area contributed by atoms with E-state index in [4.69, 9.17) is 16.7 Å². The molecular formula is C17H21ClN3O3S+. The standard InChI is InChI=1S/C17H20ClN3O3S/c1-11(13-4-3-5-14(18)10-13)20-12(2)17(22)21-15-6-8-16(9-7-15)25(19,23)24/h3-12,20H,1-2H3,(H,21,22)(H2,19,23,24)/p+1/t11-,12-/m0/s1. The van der Waals surface area contributed by atoms with Gasteiger partial charge in [-0.15, -0.1) is 0 Å². The summed E-state index contributed by atoms with van der Waals surface area (Å²) in [7, 11) is -3.74. The number of amides is 1. The van der Waals surface area contributed by atoms with Gasteiger partial charge in [-0.05, 0) is 50.2 Å². The molecule has 0 aliphatic heterocycles. The van der Waals surface area contributed by atoms with E-state index in [-0.39, 0.29) is 22.9 Å². The van der Waals surface area contributed by atoms with Gasteiger partial charge in [-0.2, -0.15) is 0 Å². The third-order valence-corrected chi connectivity index (χ3v) is 4.98. The van der Waals surface area contributed by atoms with Crippen molar-refractivity contribution in [3.05, 3.63) is 59.1 Å². The number of benzene rings is 2. The van der Waals surface area contributed by atoms with Gasteiger partial charge in [-0.25, -0.2) is 13.6 Å². The van der Waals surface area contributed by atoms with Crippen molar-refractivity contribution in [1.29, 1.82) is 0 Å². The fraction of sp³-hybridized carbons (Fsp3) is 0.235. The first-order valence-electron chi connectivity index (χ1n) is 7.71. The van der Waals surface area contributed by atoms with E-state index in [2.05, 4.69) is 5.32 Å². The van der Waals surface area contributed by atoms with Crippen LogP contribution in [-0.4, -0.2) is 20.4 Å². The molecule has 0 aromatic heterocycles. The number of sulfonamides is 1. The Labute approximate surface area is 152 Å². The number of nitrogens with two attached hydrogens (primary N) is 2. The Balaban J connectivity index is 1.98. The third-order valence-electron chi connectivity index (χ3n) is 3.82. The molecule has 0 saturated carbocycles. The molecule has 0 bridgehead atoms. The quantitative estimate of drug-likeness (QED) is 0.707. The molecule has 5 N–H and O–H groups in total. The largest absolute Gasteiger partial charge is 0.330 e. The van der Waals surface area contributed by atoms with Gasteiger partial charge in [0.15, 0.2) is 6.04 Å². The van der Waals surface area contributed by atoms with E-state index in [0.29, 0.717) is 10.7 Å². The van der Waals surface area contributed by atoms with Crippen LogP contribution in [0.5, 0.6) is 0 Å². The highest BCUT2D eigenvalue weighted by atomic mass is 35.5. The summed E-state index contributed by atoms with van der Waals surface area (Å²) in [5.74, 6) is -0.183. The molecule has 2 atom stereocenters. The molecule has 0 fully saturated rings. The summed E-state index contributed by atoms with van der Waals surface area (Å²) >= 11 is 6.00. The van der Waals surface area contributed by atoms with Crippen LogP contribution in [0.4, 0.5) is 5.69 Å². The number of carbonyl (C=O) groups excluding carboxylic acids is 1. The van der Waals surface area contributed by atoms with Gasteiger partial charge in [0.2, 0.25) is 10.0 Å². The van der Waals surface area contributed by atoms with Gasteiger partial charge in [0.25, 0.3) is 5.91 Å². The highest BCUT2D eigenvalue weighted by Gasteiger charge is 2.20. The summed E-state index contributed by atoms with van der Waals surface area (Å²) in [4.78, 5) is 12.3. The van der Waals surface area contributed by atoms with Crippen LogP contribution in [-0.2, 0) is 14.8 Å². The number of anilines is 1. The van der Waals surface area contributed by atoms with Crippen LogP contribution in [0.1, 0.15) is 25.5 Å². The lowest BCUT2D eigenvalue weighted by molar-refractivity contribution is -0.709. The smallest absolute Gasteiger partial charge is 0.282 e. The van der Waals surface area contributed by atoms with Crippen LogP contribution in [0.25, 0.3) is 0 Å². The van der Waals surface area contributed by atoms with E-state index >= 15 is 0 Å². The number of primary sulfonamides is 1. The summed E-state index contributed by atoms with van der Waals surface area (Å²) in [5.41, 5.74) is 1.54.